The van der Waals surface area contributed by atoms with Crippen LogP contribution in [0.4, 0.5) is 0 Å². The van der Waals surface area contributed by atoms with E-state index in [1.54, 1.807) is 13.2 Å². The van der Waals surface area contributed by atoms with Gasteiger partial charge in [0.25, 0.3) is 0 Å². The number of aromatic hydroxyl groups is 1. The number of ether oxygens (including phenoxy) is 2. The quantitative estimate of drug-likeness (QED) is 0.877. The molecular formula is C15H14O3. The Morgan fingerprint density at radius 3 is 2.72 bits per heavy atom. The lowest BCUT2D eigenvalue weighted by Gasteiger charge is -2.11. The summed E-state index contributed by atoms with van der Waals surface area (Å²) in [7, 11) is 1.62. The summed E-state index contributed by atoms with van der Waals surface area (Å²) in [6, 6.07) is 7.52. The highest BCUT2D eigenvalue weighted by molar-refractivity contribution is 6.01. The molecule has 3 heteroatoms. The summed E-state index contributed by atoms with van der Waals surface area (Å²) in [5, 5.41) is 11.9. The molecule has 18 heavy (non-hydrogen) atoms. The van der Waals surface area contributed by atoms with Gasteiger partial charge in [-0.25, -0.2) is 0 Å². The molecule has 1 fully saturated rings. The molecule has 1 aliphatic carbocycles. The van der Waals surface area contributed by atoms with Crippen molar-refractivity contribution in [3.63, 3.8) is 0 Å². The number of phenols is 1. The lowest BCUT2D eigenvalue weighted by Crippen LogP contribution is -2.03. The van der Waals surface area contributed by atoms with Crippen molar-refractivity contribution in [2.24, 2.45) is 5.92 Å². The smallest absolute Gasteiger partial charge is 0.130 e. The minimum Gasteiger partial charge on any atom is -0.507 e. The van der Waals surface area contributed by atoms with E-state index in [0.717, 1.165) is 16.5 Å². The van der Waals surface area contributed by atoms with Crippen molar-refractivity contribution in [1.29, 1.82) is 0 Å². The highest BCUT2D eigenvalue weighted by atomic mass is 16.5. The average Bonchev–Trinajstić information content (AvgIpc) is 3.17. The first-order valence-electron chi connectivity index (χ1n) is 6.29. The maximum absolute atomic E-state index is 10.1. The van der Waals surface area contributed by atoms with E-state index < -0.39 is 0 Å². The zero-order valence-corrected chi connectivity index (χ0v) is 10.1. The van der Waals surface area contributed by atoms with Crippen molar-refractivity contribution in [3.8, 4) is 17.2 Å². The minimum absolute atomic E-state index is 0.162. The third-order valence-electron chi connectivity index (χ3n) is 3.92. The predicted molar refractivity (Wildman–Crippen MR) is 68.3 cm³/mol. The van der Waals surface area contributed by atoms with Crippen molar-refractivity contribution in [1.82, 2.24) is 0 Å². The van der Waals surface area contributed by atoms with Crippen molar-refractivity contribution in [3.05, 3.63) is 29.8 Å². The van der Waals surface area contributed by atoms with Crippen LogP contribution >= 0.6 is 0 Å². The lowest BCUT2D eigenvalue weighted by molar-refractivity contribution is 0.199. The third kappa shape index (κ3) is 1.19. The van der Waals surface area contributed by atoms with Crippen LogP contribution in [0.1, 0.15) is 24.5 Å². The highest BCUT2D eigenvalue weighted by Gasteiger charge is 2.39. The Kier molecular flexibility index (Phi) is 1.85. The van der Waals surface area contributed by atoms with Crippen molar-refractivity contribution in [2.75, 3.05) is 7.11 Å². The molecule has 0 aromatic heterocycles. The fraction of sp³-hybridized carbons (Fsp3) is 0.333. The summed E-state index contributed by atoms with van der Waals surface area (Å²) >= 11 is 0. The van der Waals surface area contributed by atoms with Gasteiger partial charge < -0.3 is 14.6 Å². The van der Waals surface area contributed by atoms with Crippen LogP contribution in [-0.2, 0) is 0 Å². The summed E-state index contributed by atoms with van der Waals surface area (Å²) in [5.74, 6) is 2.46. The van der Waals surface area contributed by atoms with Crippen molar-refractivity contribution in [2.45, 2.75) is 18.9 Å². The molecular weight excluding hydrogens is 228 g/mol. The van der Waals surface area contributed by atoms with E-state index in [2.05, 4.69) is 6.07 Å². The monoisotopic (exact) mass is 242 g/mol. The van der Waals surface area contributed by atoms with Gasteiger partial charge in [0.1, 0.15) is 23.4 Å². The van der Waals surface area contributed by atoms with Crippen molar-refractivity contribution < 1.29 is 14.6 Å². The summed E-state index contributed by atoms with van der Waals surface area (Å²) in [5.41, 5.74) is 1.19. The van der Waals surface area contributed by atoms with E-state index in [4.69, 9.17) is 9.47 Å². The van der Waals surface area contributed by atoms with Crippen LogP contribution in [-0.4, -0.2) is 12.2 Å². The van der Waals surface area contributed by atoms with E-state index in [9.17, 15) is 5.11 Å². The fourth-order valence-corrected chi connectivity index (χ4v) is 2.90. The van der Waals surface area contributed by atoms with Gasteiger partial charge in [0.15, 0.2) is 0 Å². The normalized spacial score (nSPS) is 21.1. The summed E-state index contributed by atoms with van der Waals surface area (Å²) in [4.78, 5) is 0. The molecule has 1 heterocycles. The largest absolute Gasteiger partial charge is 0.507 e. The standard InChI is InChI=1S/C15H14O3/c1-17-11-6-4-9-13-12(7-5-10(16)14(11)13)18-15(9)8-2-3-8/h4-8,15-16H,2-3H2,1H3. The van der Waals surface area contributed by atoms with Crippen LogP contribution in [0.3, 0.4) is 0 Å². The van der Waals surface area contributed by atoms with Gasteiger partial charge in [-0.05, 0) is 31.0 Å². The van der Waals surface area contributed by atoms with Crippen LogP contribution in [0.2, 0.25) is 0 Å². The maximum atomic E-state index is 10.1. The fourth-order valence-electron chi connectivity index (χ4n) is 2.90. The summed E-state index contributed by atoms with van der Waals surface area (Å²) in [6.07, 6.45) is 2.63. The molecule has 0 radical (unpaired) electrons. The molecule has 0 bridgehead atoms. The van der Waals surface area contributed by atoms with Crippen LogP contribution in [0.5, 0.6) is 17.2 Å². The molecule has 1 aliphatic heterocycles. The van der Waals surface area contributed by atoms with Gasteiger partial charge in [0.2, 0.25) is 0 Å². The van der Waals surface area contributed by atoms with Crippen LogP contribution in [0.25, 0.3) is 10.8 Å². The third-order valence-corrected chi connectivity index (χ3v) is 3.92. The van der Waals surface area contributed by atoms with E-state index in [0.29, 0.717) is 11.7 Å². The van der Waals surface area contributed by atoms with E-state index >= 15 is 0 Å². The molecule has 4 rings (SSSR count). The van der Waals surface area contributed by atoms with E-state index in [1.807, 2.05) is 12.1 Å². The Labute approximate surface area is 105 Å². The number of rotatable bonds is 2. The molecule has 0 amide bonds. The zero-order chi connectivity index (χ0) is 12.3. The van der Waals surface area contributed by atoms with Gasteiger partial charge in [-0.1, -0.05) is 6.07 Å². The first-order valence-corrected chi connectivity index (χ1v) is 6.29. The summed E-state index contributed by atoms with van der Waals surface area (Å²) < 4.78 is 11.4. The Balaban J connectivity index is 2.05. The molecule has 0 spiro atoms. The van der Waals surface area contributed by atoms with Gasteiger partial charge in [-0.3, -0.25) is 0 Å². The Morgan fingerprint density at radius 2 is 2.00 bits per heavy atom. The highest BCUT2D eigenvalue weighted by Crippen LogP contribution is 2.54. The zero-order valence-electron chi connectivity index (χ0n) is 10.1. The van der Waals surface area contributed by atoms with E-state index in [1.165, 1.54) is 18.4 Å². The molecule has 1 unspecified atom stereocenters. The maximum Gasteiger partial charge on any atom is 0.130 e. The van der Waals surface area contributed by atoms with Crippen LogP contribution in [0.15, 0.2) is 24.3 Å². The minimum atomic E-state index is 0.162. The number of hydrogen-bond acceptors (Lipinski definition) is 3. The molecule has 3 nitrogen and oxygen atoms in total. The molecule has 1 N–H and O–H groups in total. The van der Waals surface area contributed by atoms with Crippen LogP contribution in [0, 0.1) is 5.92 Å². The molecule has 2 aliphatic rings. The number of benzene rings is 2. The number of hydrogen-bond donors (Lipinski definition) is 1. The molecule has 1 atom stereocenters. The first-order chi connectivity index (χ1) is 8.79. The SMILES string of the molecule is COc1ccc2c3c(ccc(O)c13)OC2C1CC1. The second-order valence-electron chi connectivity index (χ2n) is 5.07. The predicted octanol–water partition coefficient (Wildman–Crippen LogP) is 3.40. The molecule has 0 saturated heterocycles. The van der Waals surface area contributed by atoms with E-state index in [-0.39, 0.29) is 11.9 Å². The molecule has 1 saturated carbocycles. The Hall–Kier alpha value is -1.90. The van der Waals surface area contributed by atoms with Crippen molar-refractivity contribution >= 4 is 10.8 Å². The topological polar surface area (TPSA) is 38.7 Å². The molecule has 2 aromatic rings. The second-order valence-corrected chi connectivity index (χ2v) is 5.07. The second kappa shape index (κ2) is 3.31. The Morgan fingerprint density at radius 1 is 1.17 bits per heavy atom. The van der Waals surface area contributed by atoms with Gasteiger partial charge in [-0.15, -0.1) is 0 Å². The first kappa shape index (κ1) is 10.1. The molecule has 2 aromatic carbocycles. The average molecular weight is 242 g/mol. The lowest BCUT2D eigenvalue weighted by atomic mass is 9.98. The molecule has 92 valence electrons. The Bertz CT molecular complexity index is 644. The number of phenolic OH excluding ortho intramolecular Hbond substituents is 1. The van der Waals surface area contributed by atoms with Gasteiger partial charge in [0.05, 0.1) is 12.5 Å². The summed E-state index contributed by atoms with van der Waals surface area (Å²) in [6.45, 7) is 0. The van der Waals surface area contributed by atoms with Gasteiger partial charge >= 0.3 is 0 Å². The van der Waals surface area contributed by atoms with Crippen LogP contribution < -0.4 is 9.47 Å². The number of methoxy groups -OCH3 is 1. The van der Waals surface area contributed by atoms with Gasteiger partial charge in [0, 0.05) is 16.9 Å². The van der Waals surface area contributed by atoms with Gasteiger partial charge in [-0.2, -0.15) is 0 Å².